The van der Waals surface area contributed by atoms with Crippen LogP contribution in [0.1, 0.15) is 5.69 Å². The van der Waals surface area contributed by atoms with Crippen LogP contribution in [0.5, 0.6) is 0 Å². The van der Waals surface area contributed by atoms with Crippen molar-refractivity contribution in [3.05, 3.63) is 22.1 Å². The molecule has 0 spiro atoms. The fourth-order valence-corrected chi connectivity index (χ4v) is 0.633. The topological polar surface area (TPSA) is 97.8 Å². The molecule has 12 heavy (non-hydrogen) atoms. The van der Waals surface area contributed by atoms with E-state index in [0.717, 1.165) is 0 Å². The fraction of sp³-hybridized carbons (Fsp3) is 0.200. The highest BCUT2D eigenvalue weighted by Gasteiger charge is 1.93. The van der Waals surface area contributed by atoms with Gasteiger partial charge in [-0.3, -0.25) is 9.78 Å². The Morgan fingerprint density at radius 2 is 2.08 bits per heavy atom. The van der Waals surface area contributed by atoms with Crippen molar-refractivity contribution in [2.75, 3.05) is 5.73 Å². The van der Waals surface area contributed by atoms with Crippen molar-refractivity contribution in [2.45, 2.75) is 6.54 Å². The van der Waals surface area contributed by atoms with E-state index in [9.17, 15) is 4.79 Å². The van der Waals surface area contributed by atoms with E-state index in [4.69, 9.17) is 11.5 Å². The molecular formula is C5H10Cl2N4O. The maximum atomic E-state index is 10.6. The van der Waals surface area contributed by atoms with Crippen LogP contribution < -0.4 is 17.0 Å². The Labute approximate surface area is 81.4 Å². The van der Waals surface area contributed by atoms with Crippen molar-refractivity contribution in [2.24, 2.45) is 5.73 Å². The first kappa shape index (κ1) is 13.8. The van der Waals surface area contributed by atoms with E-state index in [1.165, 1.54) is 6.07 Å². The number of halogens is 2. The molecule has 0 saturated carbocycles. The molecule has 0 saturated heterocycles. The lowest BCUT2D eigenvalue weighted by Gasteiger charge is -1.94. The zero-order chi connectivity index (χ0) is 7.56. The van der Waals surface area contributed by atoms with Crippen LogP contribution in [-0.4, -0.2) is 9.97 Å². The standard InChI is InChI=1S/C5H8N4O.2ClH/c6-2-3-1-4(10)9-5(7)8-3;;/h1H,2,6H2,(H3,7,8,9,10);2*1H. The van der Waals surface area contributed by atoms with Gasteiger partial charge in [-0.25, -0.2) is 4.98 Å². The quantitative estimate of drug-likeness (QED) is 0.594. The van der Waals surface area contributed by atoms with E-state index >= 15 is 0 Å². The summed E-state index contributed by atoms with van der Waals surface area (Å²) in [6, 6.07) is 1.32. The van der Waals surface area contributed by atoms with Gasteiger partial charge in [0.25, 0.3) is 5.56 Å². The third kappa shape index (κ3) is 3.56. The summed E-state index contributed by atoms with van der Waals surface area (Å²) in [4.78, 5) is 16.7. The Kier molecular flexibility index (Phi) is 6.68. The van der Waals surface area contributed by atoms with Crippen LogP contribution in [0.15, 0.2) is 10.9 Å². The van der Waals surface area contributed by atoms with E-state index < -0.39 is 0 Å². The molecule has 0 aliphatic heterocycles. The zero-order valence-electron chi connectivity index (χ0n) is 6.11. The molecule has 0 atom stereocenters. The van der Waals surface area contributed by atoms with Crippen molar-refractivity contribution >= 4 is 30.8 Å². The molecule has 0 bridgehead atoms. The van der Waals surface area contributed by atoms with Crippen molar-refractivity contribution < 1.29 is 0 Å². The first-order chi connectivity index (χ1) is 4.72. The Morgan fingerprint density at radius 1 is 1.50 bits per heavy atom. The molecule has 5 N–H and O–H groups in total. The lowest BCUT2D eigenvalue weighted by atomic mass is 10.4. The number of anilines is 1. The van der Waals surface area contributed by atoms with E-state index in [-0.39, 0.29) is 42.9 Å². The summed E-state index contributed by atoms with van der Waals surface area (Å²) in [5, 5.41) is 0. The normalized spacial score (nSPS) is 8.08. The van der Waals surface area contributed by atoms with E-state index in [0.29, 0.717) is 5.69 Å². The maximum Gasteiger partial charge on any atom is 0.252 e. The first-order valence-corrected chi connectivity index (χ1v) is 2.78. The Morgan fingerprint density at radius 3 is 2.50 bits per heavy atom. The predicted molar refractivity (Wildman–Crippen MR) is 51.7 cm³/mol. The third-order valence-electron chi connectivity index (χ3n) is 1.02. The molecule has 7 heteroatoms. The van der Waals surface area contributed by atoms with E-state index in [1.807, 2.05) is 0 Å². The number of aromatic amines is 1. The largest absolute Gasteiger partial charge is 0.369 e. The Hall–Kier alpha value is -0.780. The molecule has 0 aliphatic rings. The van der Waals surface area contributed by atoms with Crippen LogP contribution in [-0.2, 0) is 6.54 Å². The minimum absolute atomic E-state index is 0. The van der Waals surface area contributed by atoms with Crippen LogP contribution in [0.25, 0.3) is 0 Å². The number of H-pyrrole nitrogens is 1. The smallest absolute Gasteiger partial charge is 0.252 e. The van der Waals surface area contributed by atoms with Crippen molar-refractivity contribution in [3.63, 3.8) is 0 Å². The van der Waals surface area contributed by atoms with E-state index in [1.54, 1.807) is 0 Å². The second-order valence-corrected chi connectivity index (χ2v) is 1.83. The number of nitrogen functional groups attached to an aromatic ring is 1. The molecule has 0 amide bonds. The monoisotopic (exact) mass is 212 g/mol. The number of hydrogen-bond donors (Lipinski definition) is 3. The van der Waals surface area contributed by atoms with Crippen LogP contribution >= 0.6 is 24.8 Å². The Bertz CT molecular complexity index is 287. The highest BCUT2D eigenvalue weighted by Crippen LogP contribution is 1.88. The second kappa shape index (κ2) is 5.82. The summed E-state index contributed by atoms with van der Waals surface area (Å²) < 4.78 is 0. The average Bonchev–Trinajstić information content (AvgIpc) is 1.85. The third-order valence-corrected chi connectivity index (χ3v) is 1.02. The van der Waals surface area contributed by atoms with Gasteiger partial charge in [-0.15, -0.1) is 24.8 Å². The minimum atomic E-state index is -0.270. The average molecular weight is 213 g/mol. The van der Waals surface area contributed by atoms with Gasteiger partial charge in [0, 0.05) is 12.6 Å². The highest BCUT2D eigenvalue weighted by molar-refractivity contribution is 5.85. The number of nitrogens with two attached hydrogens (primary N) is 2. The summed E-state index contributed by atoms with van der Waals surface area (Å²) in [6.45, 7) is 0.230. The summed E-state index contributed by atoms with van der Waals surface area (Å²) in [7, 11) is 0. The second-order valence-electron chi connectivity index (χ2n) is 1.83. The molecule has 0 fully saturated rings. The molecule has 5 nitrogen and oxygen atoms in total. The van der Waals surface area contributed by atoms with Crippen molar-refractivity contribution in [1.29, 1.82) is 0 Å². The number of hydrogen-bond acceptors (Lipinski definition) is 4. The van der Waals surface area contributed by atoms with Crippen molar-refractivity contribution in [1.82, 2.24) is 9.97 Å². The predicted octanol–water partition coefficient (Wildman–Crippen LogP) is -0.346. The van der Waals surface area contributed by atoms with Gasteiger partial charge in [-0.1, -0.05) is 0 Å². The van der Waals surface area contributed by atoms with E-state index in [2.05, 4.69) is 9.97 Å². The molecule has 1 aromatic rings. The summed E-state index contributed by atoms with van der Waals surface area (Å²) in [5.41, 5.74) is 10.7. The fourth-order valence-electron chi connectivity index (χ4n) is 0.633. The number of rotatable bonds is 1. The van der Waals surface area contributed by atoms with Gasteiger partial charge in [0.2, 0.25) is 5.95 Å². The first-order valence-electron chi connectivity index (χ1n) is 2.78. The summed E-state index contributed by atoms with van der Waals surface area (Å²) in [6.07, 6.45) is 0. The summed E-state index contributed by atoms with van der Waals surface area (Å²) in [5.74, 6) is 0.105. The number of nitrogens with one attached hydrogen (secondary N) is 1. The molecule has 1 aromatic heterocycles. The zero-order valence-corrected chi connectivity index (χ0v) is 7.74. The number of nitrogens with zero attached hydrogens (tertiary/aromatic N) is 1. The molecule has 0 unspecified atom stereocenters. The molecule has 0 aromatic carbocycles. The lowest BCUT2D eigenvalue weighted by molar-refractivity contribution is 0.959. The van der Waals surface area contributed by atoms with Crippen LogP contribution in [0, 0.1) is 0 Å². The van der Waals surface area contributed by atoms with Gasteiger partial charge in [0.15, 0.2) is 0 Å². The molecule has 1 rings (SSSR count). The van der Waals surface area contributed by atoms with Crippen LogP contribution in [0.3, 0.4) is 0 Å². The highest BCUT2D eigenvalue weighted by atomic mass is 35.5. The minimum Gasteiger partial charge on any atom is -0.369 e. The maximum absolute atomic E-state index is 10.6. The van der Waals surface area contributed by atoms with Crippen LogP contribution in [0.4, 0.5) is 5.95 Å². The van der Waals surface area contributed by atoms with Crippen LogP contribution in [0.2, 0.25) is 0 Å². The molecule has 0 radical (unpaired) electrons. The van der Waals surface area contributed by atoms with Gasteiger partial charge in [0.05, 0.1) is 5.69 Å². The summed E-state index contributed by atoms with van der Waals surface area (Å²) >= 11 is 0. The van der Waals surface area contributed by atoms with Gasteiger partial charge in [0.1, 0.15) is 0 Å². The molecule has 0 aliphatic carbocycles. The SMILES string of the molecule is Cl.Cl.NCc1cc(=O)[nH]c(N)n1. The molecule has 1 heterocycles. The molecule has 70 valence electrons. The lowest BCUT2D eigenvalue weighted by Crippen LogP contribution is -2.13. The van der Waals surface area contributed by atoms with Gasteiger partial charge >= 0.3 is 0 Å². The van der Waals surface area contributed by atoms with Gasteiger partial charge in [-0.2, -0.15) is 0 Å². The van der Waals surface area contributed by atoms with Crippen molar-refractivity contribution in [3.8, 4) is 0 Å². The molecular weight excluding hydrogens is 203 g/mol. The van der Waals surface area contributed by atoms with Gasteiger partial charge in [-0.05, 0) is 0 Å². The number of aromatic nitrogens is 2. The van der Waals surface area contributed by atoms with Gasteiger partial charge < -0.3 is 11.5 Å². The Balaban J connectivity index is 0.